The molecule has 0 unspecified atom stereocenters. The molecular formula is C8H10N6OS. The number of hydrogen-bond donors (Lipinski definition) is 3. The first-order valence-corrected chi connectivity index (χ1v) is 5.39. The van der Waals surface area contributed by atoms with Crippen molar-refractivity contribution in [3.8, 4) is 0 Å². The summed E-state index contributed by atoms with van der Waals surface area (Å²) in [4.78, 5) is 11.4. The molecule has 8 heteroatoms. The first-order valence-electron chi connectivity index (χ1n) is 4.57. The van der Waals surface area contributed by atoms with Crippen molar-refractivity contribution >= 4 is 22.5 Å². The molecule has 84 valence electrons. The summed E-state index contributed by atoms with van der Waals surface area (Å²) in [6.07, 6.45) is 1.63. The van der Waals surface area contributed by atoms with Crippen LogP contribution in [0.1, 0.15) is 10.7 Å². The summed E-state index contributed by atoms with van der Waals surface area (Å²) < 4.78 is 0. The Balaban J connectivity index is 1.81. The number of aromatic amines is 1. The van der Waals surface area contributed by atoms with Crippen molar-refractivity contribution in [3.63, 3.8) is 0 Å². The van der Waals surface area contributed by atoms with Gasteiger partial charge in [0.2, 0.25) is 5.13 Å². The zero-order chi connectivity index (χ0) is 11.4. The van der Waals surface area contributed by atoms with Crippen LogP contribution in [-0.4, -0.2) is 26.4 Å². The van der Waals surface area contributed by atoms with E-state index in [2.05, 4.69) is 31.0 Å². The quantitative estimate of drug-likeness (QED) is 0.740. The van der Waals surface area contributed by atoms with E-state index < -0.39 is 0 Å². The summed E-state index contributed by atoms with van der Waals surface area (Å²) in [5.41, 5.74) is 0.837. The summed E-state index contributed by atoms with van der Waals surface area (Å²) in [6.45, 7) is 2.22. The van der Waals surface area contributed by atoms with Crippen molar-refractivity contribution in [2.75, 3.05) is 5.32 Å². The first kappa shape index (κ1) is 10.6. The third-order valence-electron chi connectivity index (χ3n) is 1.74. The fourth-order valence-corrected chi connectivity index (χ4v) is 1.63. The van der Waals surface area contributed by atoms with Crippen LogP contribution in [0.15, 0.2) is 12.3 Å². The number of rotatable bonds is 3. The van der Waals surface area contributed by atoms with Crippen LogP contribution in [0, 0.1) is 6.92 Å². The van der Waals surface area contributed by atoms with Crippen LogP contribution in [0.2, 0.25) is 0 Å². The van der Waals surface area contributed by atoms with E-state index in [4.69, 9.17) is 0 Å². The minimum Gasteiger partial charge on any atom is -0.332 e. The lowest BCUT2D eigenvalue weighted by molar-refractivity contribution is 0.251. The molecule has 0 bridgehead atoms. The SMILES string of the molecule is Cc1nnc(NC(=O)NCc2ccn[nH]2)s1. The minimum absolute atomic E-state index is 0.314. The second kappa shape index (κ2) is 4.71. The first-order chi connectivity index (χ1) is 7.74. The molecule has 0 radical (unpaired) electrons. The maximum atomic E-state index is 11.4. The largest absolute Gasteiger partial charge is 0.332 e. The lowest BCUT2D eigenvalue weighted by Crippen LogP contribution is -2.28. The Morgan fingerprint density at radius 2 is 2.44 bits per heavy atom. The summed E-state index contributed by atoms with van der Waals surface area (Å²) in [7, 11) is 0. The number of carbonyl (C=O) groups excluding carboxylic acids is 1. The van der Waals surface area contributed by atoms with Gasteiger partial charge in [0.05, 0.1) is 12.2 Å². The number of hydrogen-bond acceptors (Lipinski definition) is 5. The van der Waals surface area contributed by atoms with Gasteiger partial charge in [0, 0.05) is 6.20 Å². The Labute approximate surface area is 95.3 Å². The van der Waals surface area contributed by atoms with Gasteiger partial charge in [-0.3, -0.25) is 10.4 Å². The molecular weight excluding hydrogens is 228 g/mol. The fraction of sp³-hybridized carbons (Fsp3) is 0.250. The van der Waals surface area contributed by atoms with E-state index in [-0.39, 0.29) is 6.03 Å². The molecule has 0 saturated carbocycles. The molecule has 0 spiro atoms. The maximum Gasteiger partial charge on any atom is 0.321 e. The Morgan fingerprint density at radius 3 is 3.06 bits per heavy atom. The van der Waals surface area contributed by atoms with Crippen molar-refractivity contribution in [3.05, 3.63) is 23.0 Å². The smallest absolute Gasteiger partial charge is 0.321 e. The highest BCUT2D eigenvalue weighted by Gasteiger charge is 2.05. The zero-order valence-electron chi connectivity index (χ0n) is 8.52. The number of aromatic nitrogens is 4. The van der Waals surface area contributed by atoms with E-state index in [1.54, 1.807) is 12.3 Å². The van der Waals surface area contributed by atoms with Crippen molar-refractivity contribution in [2.45, 2.75) is 13.5 Å². The van der Waals surface area contributed by atoms with E-state index in [1.807, 2.05) is 6.92 Å². The van der Waals surface area contributed by atoms with Crippen molar-refractivity contribution in [2.24, 2.45) is 0 Å². The molecule has 2 aromatic heterocycles. The molecule has 0 saturated heterocycles. The average molecular weight is 238 g/mol. The molecule has 0 aliphatic heterocycles. The van der Waals surface area contributed by atoms with Gasteiger partial charge in [0.25, 0.3) is 0 Å². The average Bonchev–Trinajstić information content (AvgIpc) is 2.87. The number of amides is 2. The third kappa shape index (κ3) is 2.76. The highest BCUT2D eigenvalue weighted by molar-refractivity contribution is 7.15. The lowest BCUT2D eigenvalue weighted by atomic mass is 10.4. The van der Waals surface area contributed by atoms with Crippen LogP contribution in [0.3, 0.4) is 0 Å². The molecule has 2 amide bonds. The van der Waals surface area contributed by atoms with Crippen molar-refractivity contribution in [1.82, 2.24) is 25.7 Å². The van der Waals surface area contributed by atoms with Gasteiger partial charge in [-0.2, -0.15) is 5.10 Å². The van der Waals surface area contributed by atoms with Gasteiger partial charge in [-0.05, 0) is 13.0 Å². The van der Waals surface area contributed by atoms with Gasteiger partial charge in [-0.1, -0.05) is 11.3 Å². The molecule has 0 aliphatic carbocycles. The number of H-pyrrole nitrogens is 1. The molecule has 0 aliphatic rings. The van der Waals surface area contributed by atoms with Crippen molar-refractivity contribution < 1.29 is 4.79 Å². The Hall–Kier alpha value is -1.96. The summed E-state index contributed by atoms with van der Waals surface area (Å²) in [5.74, 6) is 0. The molecule has 2 aromatic rings. The van der Waals surface area contributed by atoms with Gasteiger partial charge < -0.3 is 5.32 Å². The maximum absolute atomic E-state index is 11.4. The molecule has 2 heterocycles. The van der Waals surface area contributed by atoms with Crippen molar-refractivity contribution in [1.29, 1.82) is 0 Å². The number of anilines is 1. The number of carbonyl (C=O) groups is 1. The predicted molar refractivity (Wildman–Crippen MR) is 59.1 cm³/mol. The number of nitrogens with one attached hydrogen (secondary N) is 3. The zero-order valence-corrected chi connectivity index (χ0v) is 9.34. The molecule has 7 nitrogen and oxygen atoms in total. The standard InChI is InChI=1S/C8H10N6OS/c1-5-12-14-8(16-5)11-7(15)9-4-6-2-3-10-13-6/h2-3H,4H2,1H3,(H,10,13)(H2,9,11,14,15). The number of aryl methyl sites for hydroxylation is 1. The lowest BCUT2D eigenvalue weighted by Gasteiger charge is -2.02. The second-order valence-corrected chi connectivity index (χ2v) is 4.20. The molecule has 3 N–H and O–H groups in total. The van der Waals surface area contributed by atoms with E-state index in [1.165, 1.54) is 11.3 Å². The van der Waals surface area contributed by atoms with Gasteiger partial charge in [0.15, 0.2) is 0 Å². The van der Waals surface area contributed by atoms with Crippen LogP contribution >= 0.6 is 11.3 Å². The number of nitrogens with zero attached hydrogens (tertiary/aromatic N) is 3. The highest BCUT2D eigenvalue weighted by atomic mass is 32.1. The van der Waals surface area contributed by atoms with E-state index >= 15 is 0 Å². The van der Waals surface area contributed by atoms with Gasteiger partial charge >= 0.3 is 6.03 Å². The van der Waals surface area contributed by atoms with E-state index in [9.17, 15) is 4.79 Å². The van der Waals surface area contributed by atoms with E-state index in [0.29, 0.717) is 11.7 Å². The number of urea groups is 1. The third-order valence-corrected chi connectivity index (χ3v) is 2.50. The normalized spacial score (nSPS) is 10.1. The van der Waals surface area contributed by atoms with Crippen LogP contribution < -0.4 is 10.6 Å². The summed E-state index contributed by atoms with van der Waals surface area (Å²) >= 11 is 1.33. The minimum atomic E-state index is -0.314. The molecule has 2 rings (SSSR count). The topological polar surface area (TPSA) is 95.6 Å². The van der Waals surface area contributed by atoms with Gasteiger partial charge in [0.1, 0.15) is 5.01 Å². The Kier molecular flexibility index (Phi) is 3.10. The second-order valence-electron chi connectivity index (χ2n) is 3.02. The molecule has 16 heavy (non-hydrogen) atoms. The van der Waals surface area contributed by atoms with Crippen LogP contribution in [0.25, 0.3) is 0 Å². The Morgan fingerprint density at radius 1 is 1.56 bits per heavy atom. The summed E-state index contributed by atoms with van der Waals surface area (Å²) in [6, 6.07) is 1.47. The van der Waals surface area contributed by atoms with Gasteiger partial charge in [-0.15, -0.1) is 10.2 Å². The van der Waals surface area contributed by atoms with Crippen LogP contribution in [0.5, 0.6) is 0 Å². The monoisotopic (exact) mass is 238 g/mol. The molecule has 0 fully saturated rings. The predicted octanol–water partition coefficient (Wildman–Crippen LogP) is 0.891. The Bertz CT molecular complexity index is 465. The molecule has 0 aromatic carbocycles. The highest BCUT2D eigenvalue weighted by Crippen LogP contribution is 2.12. The van der Waals surface area contributed by atoms with Gasteiger partial charge in [-0.25, -0.2) is 4.79 Å². The summed E-state index contributed by atoms with van der Waals surface area (Å²) in [5, 5.41) is 20.6. The van der Waals surface area contributed by atoms with Crippen LogP contribution in [0.4, 0.5) is 9.93 Å². The van der Waals surface area contributed by atoms with Crippen LogP contribution in [-0.2, 0) is 6.54 Å². The van der Waals surface area contributed by atoms with E-state index in [0.717, 1.165) is 10.7 Å². The molecule has 0 atom stereocenters. The fourth-order valence-electron chi connectivity index (χ4n) is 1.05.